The molecule has 1 atom stereocenters. The van der Waals surface area contributed by atoms with E-state index in [1.807, 2.05) is 6.92 Å². The molecule has 0 aliphatic carbocycles. The van der Waals surface area contributed by atoms with Crippen LogP contribution in [-0.2, 0) is 11.3 Å². The van der Waals surface area contributed by atoms with Crippen LogP contribution in [0.5, 0.6) is 0 Å². The summed E-state index contributed by atoms with van der Waals surface area (Å²) in [6.45, 7) is 3.04. The van der Waals surface area contributed by atoms with Gasteiger partial charge in [0, 0.05) is 31.9 Å². The van der Waals surface area contributed by atoms with Crippen LogP contribution in [0.15, 0.2) is 23.4 Å². The summed E-state index contributed by atoms with van der Waals surface area (Å²) in [5, 5.41) is 14.6. The summed E-state index contributed by atoms with van der Waals surface area (Å²) in [7, 11) is 1.65. The maximum absolute atomic E-state index is 14.1. The Morgan fingerprint density at radius 3 is 2.95 bits per heavy atom. The predicted molar refractivity (Wildman–Crippen MR) is 71.7 cm³/mol. The molecule has 1 aromatic carbocycles. The van der Waals surface area contributed by atoms with Crippen molar-refractivity contribution in [3.63, 3.8) is 0 Å². The smallest absolute Gasteiger partial charge is 0.173 e. The number of ether oxygens (including phenoxy) is 1. The maximum Gasteiger partial charge on any atom is 0.173 e. The Morgan fingerprint density at radius 1 is 1.58 bits per heavy atom. The molecule has 0 amide bonds. The van der Waals surface area contributed by atoms with E-state index in [9.17, 15) is 4.39 Å². The average molecular weight is 269 g/mol. The molecular formula is C13H20FN3O2. The summed E-state index contributed by atoms with van der Waals surface area (Å²) >= 11 is 0. The van der Waals surface area contributed by atoms with Crippen molar-refractivity contribution in [2.75, 3.05) is 13.7 Å². The van der Waals surface area contributed by atoms with Crippen molar-refractivity contribution in [2.45, 2.75) is 25.9 Å². The number of hydrogen-bond donors (Lipinski definition) is 3. The van der Waals surface area contributed by atoms with Crippen molar-refractivity contribution in [2.24, 2.45) is 10.9 Å². The number of nitrogens with zero attached hydrogens (tertiary/aromatic N) is 1. The van der Waals surface area contributed by atoms with E-state index in [4.69, 9.17) is 15.7 Å². The highest BCUT2D eigenvalue weighted by atomic mass is 19.1. The minimum Gasteiger partial charge on any atom is -0.409 e. The second kappa shape index (κ2) is 7.70. The summed E-state index contributed by atoms with van der Waals surface area (Å²) in [6, 6.07) is 5.03. The Balaban J connectivity index is 2.69. The molecule has 0 heterocycles. The van der Waals surface area contributed by atoms with Gasteiger partial charge in [0.15, 0.2) is 5.84 Å². The van der Waals surface area contributed by atoms with E-state index >= 15 is 0 Å². The Bertz CT molecular complexity index is 438. The van der Waals surface area contributed by atoms with Crippen LogP contribution in [-0.4, -0.2) is 30.8 Å². The van der Waals surface area contributed by atoms with Gasteiger partial charge in [-0.3, -0.25) is 0 Å². The predicted octanol–water partition coefficient (Wildman–Crippen LogP) is 1.43. The molecule has 0 aliphatic heterocycles. The summed E-state index contributed by atoms with van der Waals surface area (Å²) < 4.78 is 19.1. The largest absolute Gasteiger partial charge is 0.409 e. The van der Waals surface area contributed by atoms with Crippen LogP contribution in [0, 0.1) is 5.82 Å². The van der Waals surface area contributed by atoms with Gasteiger partial charge in [-0.1, -0.05) is 17.3 Å². The second-order valence-corrected chi connectivity index (χ2v) is 4.33. The lowest BCUT2D eigenvalue weighted by Gasteiger charge is -2.14. The number of benzene rings is 1. The molecule has 0 bridgehead atoms. The standard InChI is InChI=1S/C13H20FN3O2/c1-9(6-7-19-2)16-8-10-4-3-5-11(12(10)14)13(15)17-18/h3-5,9,16,18H,6-8H2,1-2H3,(H2,15,17). The van der Waals surface area contributed by atoms with E-state index in [0.717, 1.165) is 6.42 Å². The minimum atomic E-state index is -0.468. The van der Waals surface area contributed by atoms with E-state index < -0.39 is 5.82 Å². The minimum absolute atomic E-state index is 0.103. The fourth-order valence-electron chi connectivity index (χ4n) is 1.65. The summed E-state index contributed by atoms with van der Waals surface area (Å²) in [6.07, 6.45) is 0.845. The molecule has 0 saturated heterocycles. The van der Waals surface area contributed by atoms with Crippen LogP contribution in [0.2, 0.25) is 0 Å². The first-order chi connectivity index (χ1) is 9.10. The van der Waals surface area contributed by atoms with Gasteiger partial charge in [-0.25, -0.2) is 4.39 Å². The van der Waals surface area contributed by atoms with Crippen molar-refractivity contribution < 1.29 is 14.3 Å². The van der Waals surface area contributed by atoms with Gasteiger partial charge in [-0.2, -0.15) is 0 Å². The van der Waals surface area contributed by atoms with Crippen molar-refractivity contribution in [1.29, 1.82) is 0 Å². The highest BCUT2D eigenvalue weighted by Crippen LogP contribution is 2.13. The summed E-state index contributed by atoms with van der Waals surface area (Å²) in [4.78, 5) is 0. The molecule has 4 N–H and O–H groups in total. The monoisotopic (exact) mass is 269 g/mol. The SMILES string of the molecule is COCCC(C)NCc1cccc(/C(N)=N/O)c1F. The van der Waals surface area contributed by atoms with E-state index in [1.54, 1.807) is 19.2 Å². The van der Waals surface area contributed by atoms with Crippen molar-refractivity contribution in [1.82, 2.24) is 5.32 Å². The number of halogens is 1. The zero-order valence-electron chi connectivity index (χ0n) is 11.2. The Morgan fingerprint density at radius 2 is 2.32 bits per heavy atom. The van der Waals surface area contributed by atoms with Gasteiger partial charge in [-0.15, -0.1) is 0 Å². The van der Waals surface area contributed by atoms with Crippen molar-refractivity contribution >= 4 is 5.84 Å². The van der Waals surface area contributed by atoms with E-state index in [0.29, 0.717) is 18.7 Å². The number of nitrogens with one attached hydrogen (secondary N) is 1. The summed E-state index contributed by atoms with van der Waals surface area (Å²) in [5.41, 5.74) is 5.99. The fourth-order valence-corrected chi connectivity index (χ4v) is 1.65. The third kappa shape index (κ3) is 4.50. The molecule has 0 aromatic heterocycles. The van der Waals surface area contributed by atoms with Crippen LogP contribution >= 0.6 is 0 Å². The van der Waals surface area contributed by atoms with Gasteiger partial charge in [0.25, 0.3) is 0 Å². The molecule has 6 heteroatoms. The summed E-state index contributed by atoms with van der Waals surface area (Å²) in [5.74, 6) is -0.698. The normalized spacial score (nSPS) is 13.5. The van der Waals surface area contributed by atoms with Gasteiger partial charge in [0.2, 0.25) is 0 Å². The van der Waals surface area contributed by atoms with E-state index in [2.05, 4.69) is 10.5 Å². The molecule has 0 fully saturated rings. The van der Waals surface area contributed by atoms with Crippen LogP contribution in [0.4, 0.5) is 4.39 Å². The van der Waals surface area contributed by atoms with Gasteiger partial charge in [-0.05, 0) is 19.4 Å². The lowest BCUT2D eigenvalue weighted by atomic mass is 10.1. The highest BCUT2D eigenvalue weighted by molar-refractivity contribution is 5.97. The number of amidine groups is 1. The number of nitrogens with two attached hydrogens (primary N) is 1. The van der Waals surface area contributed by atoms with Crippen LogP contribution in [0.1, 0.15) is 24.5 Å². The Kier molecular flexibility index (Phi) is 6.24. The first-order valence-corrected chi connectivity index (χ1v) is 6.07. The molecule has 0 radical (unpaired) electrons. The second-order valence-electron chi connectivity index (χ2n) is 4.33. The van der Waals surface area contributed by atoms with E-state index in [-0.39, 0.29) is 17.4 Å². The third-order valence-corrected chi connectivity index (χ3v) is 2.86. The van der Waals surface area contributed by atoms with Gasteiger partial charge >= 0.3 is 0 Å². The first kappa shape index (κ1) is 15.4. The van der Waals surface area contributed by atoms with Gasteiger partial charge < -0.3 is 21.0 Å². The Hall–Kier alpha value is -1.66. The van der Waals surface area contributed by atoms with Crippen LogP contribution in [0.3, 0.4) is 0 Å². The average Bonchev–Trinajstić information content (AvgIpc) is 2.43. The molecule has 0 saturated carbocycles. The maximum atomic E-state index is 14.1. The first-order valence-electron chi connectivity index (χ1n) is 6.07. The van der Waals surface area contributed by atoms with Crippen LogP contribution < -0.4 is 11.1 Å². The zero-order valence-corrected chi connectivity index (χ0v) is 11.2. The molecular weight excluding hydrogens is 249 g/mol. The number of hydrogen-bond acceptors (Lipinski definition) is 4. The molecule has 1 rings (SSSR count). The van der Waals surface area contributed by atoms with Gasteiger partial charge in [0.05, 0.1) is 5.56 Å². The third-order valence-electron chi connectivity index (χ3n) is 2.86. The number of methoxy groups -OCH3 is 1. The molecule has 0 aliphatic rings. The van der Waals surface area contributed by atoms with E-state index in [1.165, 1.54) is 6.07 Å². The lowest BCUT2D eigenvalue weighted by Crippen LogP contribution is -2.27. The van der Waals surface area contributed by atoms with Crippen molar-refractivity contribution in [3.05, 3.63) is 35.1 Å². The number of oxime groups is 1. The molecule has 5 nitrogen and oxygen atoms in total. The van der Waals surface area contributed by atoms with Crippen molar-refractivity contribution in [3.8, 4) is 0 Å². The molecule has 0 spiro atoms. The van der Waals surface area contributed by atoms with Gasteiger partial charge in [0.1, 0.15) is 5.82 Å². The van der Waals surface area contributed by atoms with Crippen LogP contribution in [0.25, 0.3) is 0 Å². The zero-order chi connectivity index (χ0) is 14.3. The highest BCUT2D eigenvalue weighted by Gasteiger charge is 2.12. The topological polar surface area (TPSA) is 79.9 Å². The quantitative estimate of drug-likeness (QED) is 0.303. The molecule has 19 heavy (non-hydrogen) atoms. The molecule has 1 unspecified atom stereocenters. The number of rotatable bonds is 7. The molecule has 106 valence electrons. The lowest BCUT2D eigenvalue weighted by molar-refractivity contribution is 0.184. The fraction of sp³-hybridized carbons (Fsp3) is 0.462. The Labute approximate surface area is 112 Å². The molecule has 1 aromatic rings.